The molecule has 1 N–H and O–H groups in total. The van der Waals surface area contributed by atoms with Crippen LogP contribution in [-0.2, 0) is 0 Å². The van der Waals surface area contributed by atoms with Crippen LogP contribution >= 0.6 is 15.9 Å². The number of hydrogen-bond donors (Lipinski definition) is 1. The second-order valence-electron chi connectivity index (χ2n) is 4.67. The molecular weight excluding hydrogens is 266 g/mol. The molecule has 2 heterocycles. The number of nitrogens with one attached hydrogen (secondary N) is 1. The molecule has 0 bridgehead atoms. The fraction of sp³-hybridized carbons (Fsp3) is 0.583. The lowest BCUT2D eigenvalue weighted by Crippen LogP contribution is -2.54. The van der Waals surface area contributed by atoms with Crippen LogP contribution in [0, 0.1) is 6.92 Å². The van der Waals surface area contributed by atoms with Gasteiger partial charge in [0.15, 0.2) is 0 Å². The van der Waals surface area contributed by atoms with Crippen LogP contribution in [0.3, 0.4) is 0 Å². The van der Waals surface area contributed by atoms with Crippen LogP contribution in [0.4, 0.5) is 5.82 Å². The lowest BCUT2D eigenvalue weighted by molar-refractivity contribution is 0.405. The molecule has 4 heteroatoms. The van der Waals surface area contributed by atoms with Crippen molar-refractivity contribution < 1.29 is 0 Å². The summed E-state index contributed by atoms with van der Waals surface area (Å²) in [5, 5.41) is 3.53. The Hall–Kier alpha value is -0.610. The second-order valence-corrected chi connectivity index (χ2v) is 5.52. The molecule has 2 atom stereocenters. The molecule has 88 valence electrons. The van der Waals surface area contributed by atoms with Gasteiger partial charge in [-0.25, -0.2) is 4.98 Å². The summed E-state index contributed by atoms with van der Waals surface area (Å²) >= 11 is 3.48. The number of aryl methyl sites for hydroxylation is 1. The maximum Gasteiger partial charge on any atom is 0.128 e. The number of rotatable bonds is 1. The van der Waals surface area contributed by atoms with Gasteiger partial charge in [-0.05, 0) is 48.3 Å². The summed E-state index contributed by atoms with van der Waals surface area (Å²) < 4.78 is 1.08. The normalized spacial score (nSPS) is 25.9. The van der Waals surface area contributed by atoms with Crippen molar-refractivity contribution in [3.63, 3.8) is 0 Å². The van der Waals surface area contributed by atoms with Gasteiger partial charge in [-0.1, -0.05) is 0 Å². The fourth-order valence-corrected chi connectivity index (χ4v) is 2.43. The zero-order chi connectivity index (χ0) is 11.7. The van der Waals surface area contributed by atoms with Gasteiger partial charge in [0.05, 0.1) is 0 Å². The van der Waals surface area contributed by atoms with Crippen LogP contribution in [0.5, 0.6) is 0 Å². The molecule has 0 aromatic carbocycles. The summed E-state index contributed by atoms with van der Waals surface area (Å²) in [7, 11) is 0. The Balaban J connectivity index is 2.19. The first-order chi connectivity index (χ1) is 7.56. The van der Waals surface area contributed by atoms with Gasteiger partial charge in [-0.2, -0.15) is 0 Å². The van der Waals surface area contributed by atoms with Gasteiger partial charge in [-0.15, -0.1) is 0 Å². The molecule has 0 saturated carbocycles. The zero-order valence-corrected chi connectivity index (χ0v) is 11.6. The predicted molar refractivity (Wildman–Crippen MR) is 70.9 cm³/mol. The highest BCUT2D eigenvalue weighted by atomic mass is 79.9. The largest absolute Gasteiger partial charge is 0.354 e. The molecule has 0 amide bonds. The number of hydrogen-bond acceptors (Lipinski definition) is 3. The summed E-state index contributed by atoms with van der Waals surface area (Å²) in [6.07, 6.45) is 1.89. The monoisotopic (exact) mass is 283 g/mol. The average molecular weight is 284 g/mol. The molecule has 2 rings (SSSR count). The summed E-state index contributed by atoms with van der Waals surface area (Å²) in [6, 6.07) is 3.19. The van der Waals surface area contributed by atoms with Crippen molar-refractivity contribution >= 4 is 21.7 Å². The Morgan fingerprint density at radius 2 is 2.00 bits per heavy atom. The van der Waals surface area contributed by atoms with Crippen molar-refractivity contribution in [1.29, 1.82) is 0 Å². The molecule has 1 aromatic rings. The van der Waals surface area contributed by atoms with Crippen molar-refractivity contribution in [2.75, 3.05) is 18.0 Å². The highest BCUT2D eigenvalue weighted by Gasteiger charge is 2.21. The third-order valence-corrected chi connectivity index (χ3v) is 3.74. The maximum atomic E-state index is 4.48. The molecule has 1 fully saturated rings. The van der Waals surface area contributed by atoms with Crippen molar-refractivity contribution in [3.05, 3.63) is 22.3 Å². The Bertz CT molecular complexity index is 371. The number of pyridine rings is 1. The van der Waals surface area contributed by atoms with E-state index in [1.54, 1.807) is 0 Å². The van der Waals surface area contributed by atoms with Gasteiger partial charge in [0, 0.05) is 35.8 Å². The highest BCUT2D eigenvalue weighted by Crippen LogP contribution is 2.21. The van der Waals surface area contributed by atoms with E-state index in [1.165, 1.54) is 5.56 Å². The smallest absolute Gasteiger partial charge is 0.128 e. The summed E-state index contributed by atoms with van der Waals surface area (Å²) in [6.45, 7) is 8.59. The minimum absolute atomic E-state index is 0.523. The number of aromatic nitrogens is 1. The molecule has 0 aliphatic carbocycles. The standard InChI is InChI=1S/C12H18BrN3/c1-8-4-12(14-5-11(8)13)16-6-9(2)15-10(3)7-16/h4-5,9-10,15H,6-7H2,1-3H3. The van der Waals surface area contributed by atoms with Crippen molar-refractivity contribution in [2.45, 2.75) is 32.9 Å². The molecule has 1 aliphatic heterocycles. The van der Waals surface area contributed by atoms with Crippen LogP contribution in [0.2, 0.25) is 0 Å². The van der Waals surface area contributed by atoms with E-state index in [9.17, 15) is 0 Å². The first kappa shape index (κ1) is 11.9. The Labute approximate surface area is 105 Å². The third-order valence-electron chi connectivity index (χ3n) is 2.91. The van der Waals surface area contributed by atoms with Gasteiger partial charge in [0.1, 0.15) is 5.82 Å². The van der Waals surface area contributed by atoms with Gasteiger partial charge < -0.3 is 10.2 Å². The van der Waals surface area contributed by atoms with Crippen LogP contribution in [0.15, 0.2) is 16.7 Å². The Morgan fingerprint density at radius 1 is 1.38 bits per heavy atom. The van der Waals surface area contributed by atoms with E-state index < -0.39 is 0 Å². The fourth-order valence-electron chi connectivity index (χ4n) is 2.21. The maximum absolute atomic E-state index is 4.48. The van der Waals surface area contributed by atoms with E-state index >= 15 is 0 Å². The highest BCUT2D eigenvalue weighted by molar-refractivity contribution is 9.10. The van der Waals surface area contributed by atoms with E-state index in [0.29, 0.717) is 12.1 Å². The van der Waals surface area contributed by atoms with Crippen LogP contribution < -0.4 is 10.2 Å². The molecule has 16 heavy (non-hydrogen) atoms. The van der Waals surface area contributed by atoms with Crippen LogP contribution in [0.1, 0.15) is 19.4 Å². The first-order valence-corrected chi connectivity index (χ1v) is 6.48. The van der Waals surface area contributed by atoms with E-state index in [4.69, 9.17) is 0 Å². The molecule has 3 nitrogen and oxygen atoms in total. The van der Waals surface area contributed by atoms with Gasteiger partial charge >= 0.3 is 0 Å². The minimum Gasteiger partial charge on any atom is -0.354 e. The minimum atomic E-state index is 0.523. The van der Waals surface area contributed by atoms with Crippen molar-refractivity contribution in [2.24, 2.45) is 0 Å². The number of piperazine rings is 1. The second kappa shape index (κ2) is 4.72. The number of nitrogens with zero attached hydrogens (tertiary/aromatic N) is 2. The SMILES string of the molecule is Cc1cc(N2CC(C)NC(C)C2)ncc1Br. The average Bonchev–Trinajstić information content (AvgIpc) is 2.20. The Morgan fingerprint density at radius 3 is 2.56 bits per heavy atom. The third kappa shape index (κ3) is 2.55. The van der Waals surface area contributed by atoms with Crippen molar-refractivity contribution in [1.82, 2.24) is 10.3 Å². The summed E-state index contributed by atoms with van der Waals surface area (Å²) in [5.74, 6) is 1.08. The number of anilines is 1. The van der Waals surface area contributed by atoms with E-state index in [-0.39, 0.29) is 0 Å². The molecular formula is C12H18BrN3. The zero-order valence-electron chi connectivity index (χ0n) is 10.00. The number of halogens is 1. The summed E-state index contributed by atoms with van der Waals surface area (Å²) in [4.78, 5) is 6.84. The quantitative estimate of drug-likeness (QED) is 0.858. The summed E-state index contributed by atoms with van der Waals surface area (Å²) in [5.41, 5.74) is 1.24. The van der Waals surface area contributed by atoms with E-state index in [0.717, 1.165) is 23.4 Å². The van der Waals surface area contributed by atoms with Gasteiger partial charge in [0.2, 0.25) is 0 Å². The van der Waals surface area contributed by atoms with Crippen LogP contribution in [0.25, 0.3) is 0 Å². The molecule has 1 aromatic heterocycles. The lowest BCUT2D eigenvalue weighted by atomic mass is 10.1. The lowest BCUT2D eigenvalue weighted by Gasteiger charge is -2.37. The molecule has 2 unspecified atom stereocenters. The predicted octanol–water partition coefficient (Wildman–Crippen LogP) is 2.34. The molecule has 0 spiro atoms. The van der Waals surface area contributed by atoms with E-state index in [2.05, 4.69) is 58.0 Å². The van der Waals surface area contributed by atoms with E-state index in [1.807, 2.05) is 6.20 Å². The molecule has 1 aliphatic rings. The van der Waals surface area contributed by atoms with Crippen LogP contribution in [-0.4, -0.2) is 30.2 Å². The van der Waals surface area contributed by atoms with Crippen molar-refractivity contribution in [3.8, 4) is 0 Å². The van der Waals surface area contributed by atoms with Gasteiger partial charge in [0.25, 0.3) is 0 Å². The molecule has 0 radical (unpaired) electrons. The first-order valence-electron chi connectivity index (χ1n) is 5.69. The molecule has 1 saturated heterocycles. The topological polar surface area (TPSA) is 28.2 Å². The van der Waals surface area contributed by atoms with Gasteiger partial charge in [-0.3, -0.25) is 0 Å². The Kier molecular flexibility index (Phi) is 3.50.